The van der Waals surface area contributed by atoms with Crippen LogP contribution in [0.25, 0.3) is 10.4 Å². The van der Waals surface area contributed by atoms with Crippen molar-refractivity contribution in [2.45, 2.75) is 19.8 Å². The second kappa shape index (κ2) is 8.24. The van der Waals surface area contributed by atoms with Gasteiger partial charge >= 0.3 is 0 Å². The minimum absolute atomic E-state index is 0.0858. The molecule has 0 saturated carbocycles. The van der Waals surface area contributed by atoms with Crippen molar-refractivity contribution in [3.8, 4) is 10.4 Å². The molecule has 0 amide bonds. The molecule has 4 N–H and O–H groups in total. The highest BCUT2D eigenvalue weighted by atomic mass is 35.5. The molecular weight excluding hydrogens is 336 g/mol. The van der Waals surface area contributed by atoms with Crippen molar-refractivity contribution in [2.75, 3.05) is 24.2 Å². The lowest BCUT2D eigenvalue weighted by Crippen LogP contribution is -2.13. The summed E-state index contributed by atoms with van der Waals surface area (Å²) in [4.78, 5) is 20.5. The van der Waals surface area contributed by atoms with Gasteiger partial charge in [-0.1, -0.05) is 24.9 Å². The maximum atomic E-state index is 10.9. The van der Waals surface area contributed by atoms with E-state index < -0.39 is 0 Å². The van der Waals surface area contributed by atoms with Crippen molar-refractivity contribution in [1.82, 2.24) is 9.97 Å². The largest absolute Gasteiger partial charge is 0.396 e. The molecule has 1 atom stereocenters. The lowest BCUT2D eigenvalue weighted by molar-refractivity contribution is 0.112. The molecule has 6 nitrogen and oxygen atoms in total. The summed E-state index contributed by atoms with van der Waals surface area (Å²) >= 11 is 7.54. The number of nitrogens with two attached hydrogens (primary N) is 1. The molecule has 2 aromatic rings. The number of nitrogens with zero attached hydrogens (tertiary/aromatic N) is 2. The maximum absolute atomic E-state index is 10.9. The molecule has 8 heteroatoms. The number of nitrogens with one attached hydrogen (secondary N) is 1. The zero-order valence-electron chi connectivity index (χ0n) is 12.8. The van der Waals surface area contributed by atoms with Crippen LogP contribution in [0.3, 0.4) is 0 Å². The third kappa shape index (κ3) is 4.40. The topological polar surface area (TPSA) is 101 Å². The third-order valence-corrected chi connectivity index (χ3v) is 4.85. The lowest BCUT2D eigenvalue weighted by Gasteiger charge is -2.15. The molecule has 2 rings (SSSR count). The molecule has 0 aliphatic carbocycles. The average Bonchev–Trinajstić information content (AvgIpc) is 2.99. The van der Waals surface area contributed by atoms with Gasteiger partial charge in [-0.25, -0.2) is 4.98 Å². The number of hydrogen-bond donors (Lipinski definition) is 3. The van der Waals surface area contributed by atoms with Gasteiger partial charge in [0.05, 0.1) is 10.4 Å². The number of rotatable bonds is 8. The summed E-state index contributed by atoms with van der Waals surface area (Å²) in [6, 6.07) is 3.53. The fourth-order valence-electron chi connectivity index (χ4n) is 2.17. The molecule has 0 unspecified atom stereocenters. The Labute approximate surface area is 143 Å². The molecule has 0 fully saturated rings. The number of aliphatic hydroxyl groups excluding tert-OH is 1. The van der Waals surface area contributed by atoms with Crippen LogP contribution in [-0.4, -0.2) is 34.5 Å². The first kappa shape index (κ1) is 17.7. The van der Waals surface area contributed by atoms with E-state index in [1.165, 1.54) is 11.3 Å². The molecule has 0 aliphatic heterocycles. The Bertz CT molecular complexity index is 673. The third-order valence-electron chi connectivity index (χ3n) is 3.55. The van der Waals surface area contributed by atoms with Crippen LogP contribution < -0.4 is 11.1 Å². The first-order valence-electron chi connectivity index (χ1n) is 7.32. The first-order valence-corrected chi connectivity index (χ1v) is 8.51. The Kier molecular flexibility index (Phi) is 6.32. The molecule has 0 spiro atoms. The van der Waals surface area contributed by atoms with E-state index in [9.17, 15) is 9.90 Å². The standard InChI is InChI=1S/C15H19ClN4O2S/c1-2-9(7-21)5-6-18-14-12(13(16)19-15(17)20-14)11-4-3-10(8-22)23-11/h3-4,8-9,21H,2,5-7H2,1H3,(H3,17,18,19,20)/t9-/m0/s1. The Balaban J connectivity index is 2.25. The zero-order chi connectivity index (χ0) is 16.8. The number of anilines is 2. The van der Waals surface area contributed by atoms with Crippen LogP contribution in [0, 0.1) is 5.92 Å². The SMILES string of the molecule is CC[C@H](CO)CCNc1nc(N)nc(Cl)c1-c1ccc(C=O)s1. The highest BCUT2D eigenvalue weighted by Crippen LogP contribution is 2.37. The van der Waals surface area contributed by atoms with E-state index in [1.54, 1.807) is 6.07 Å². The predicted molar refractivity (Wildman–Crippen MR) is 94.1 cm³/mol. The Morgan fingerprint density at radius 3 is 2.87 bits per heavy atom. The molecule has 0 bridgehead atoms. The molecule has 2 heterocycles. The van der Waals surface area contributed by atoms with Gasteiger partial charge in [0.1, 0.15) is 11.0 Å². The van der Waals surface area contributed by atoms with Gasteiger partial charge in [-0.2, -0.15) is 4.98 Å². The quantitative estimate of drug-likeness (QED) is 0.497. The molecule has 2 aromatic heterocycles. The van der Waals surface area contributed by atoms with Gasteiger partial charge in [0.25, 0.3) is 0 Å². The van der Waals surface area contributed by atoms with Crippen molar-refractivity contribution in [3.05, 3.63) is 22.2 Å². The fourth-order valence-corrected chi connectivity index (χ4v) is 3.37. The molecule has 0 saturated heterocycles. The average molecular weight is 355 g/mol. The first-order chi connectivity index (χ1) is 11.1. The van der Waals surface area contributed by atoms with Gasteiger partial charge in [-0.05, 0) is 24.5 Å². The summed E-state index contributed by atoms with van der Waals surface area (Å²) < 4.78 is 0. The molecule has 23 heavy (non-hydrogen) atoms. The Morgan fingerprint density at radius 2 is 2.26 bits per heavy atom. The number of carbonyl (C=O) groups is 1. The van der Waals surface area contributed by atoms with Crippen molar-refractivity contribution in [2.24, 2.45) is 5.92 Å². The van der Waals surface area contributed by atoms with E-state index in [0.29, 0.717) is 22.8 Å². The van der Waals surface area contributed by atoms with E-state index in [0.717, 1.165) is 24.0 Å². The van der Waals surface area contributed by atoms with Crippen LogP contribution in [0.15, 0.2) is 12.1 Å². The molecular formula is C15H19ClN4O2S. The van der Waals surface area contributed by atoms with E-state index in [-0.39, 0.29) is 23.6 Å². The van der Waals surface area contributed by atoms with Crippen LogP contribution in [-0.2, 0) is 0 Å². The predicted octanol–water partition coefficient (Wildman–Crippen LogP) is 3.07. The van der Waals surface area contributed by atoms with Gasteiger partial charge in [0.2, 0.25) is 5.95 Å². The maximum Gasteiger partial charge on any atom is 0.223 e. The highest BCUT2D eigenvalue weighted by molar-refractivity contribution is 7.17. The highest BCUT2D eigenvalue weighted by Gasteiger charge is 2.16. The van der Waals surface area contributed by atoms with Crippen LogP contribution >= 0.6 is 22.9 Å². The second-order valence-electron chi connectivity index (χ2n) is 5.09. The van der Waals surface area contributed by atoms with Crippen molar-refractivity contribution in [1.29, 1.82) is 0 Å². The second-order valence-corrected chi connectivity index (χ2v) is 6.56. The van der Waals surface area contributed by atoms with Gasteiger partial charge < -0.3 is 16.2 Å². The summed E-state index contributed by atoms with van der Waals surface area (Å²) in [5, 5.41) is 12.7. The van der Waals surface area contributed by atoms with Crippen LogP contribution in [0.4, 0.5) is 11.8 Å². The van der Waals surface area contributed by atoms with Crippen molar-refractivity contribution in [3.63, 3.8) is 0 Å². The summed E-state index contributed by atoms with van der Waals surface area (Å²) in [5.41, 5.74) is 6.32. The summed E-state index contributed by atoms with van der Waals surface area (Å²) in [7, 11) is 0. The summed E-state index contributed by atoms with van der Waals surface area (Å²) in [5.74, 6) is 0.862. The minimum atomic E-state index is 0.0858. The molecule has 0 aliphatic rings. The lowest BCUT2D eigenvalue weighted by atomic mass is 10.0. The molecule has 124 valence electrons. The van der Waals surface area contributed by atoms with Crippen LogP contribution in [0.2, 0.25) is 5.15 Å². The number of carbonyl (C=O) groups excluding carboxylic acids is 1. The minimum Gasteiger partial charge on any atom is -0.396 e. The molecule has 0 aromatic carbocycles. The van der Waals surface area contributed by atoms with E-state index in [4.69, 9.17) is 17.3 Å². The van der Waals surface area contributed by atoms with E-state index in [1.807, 2.05) is 13.0 Å². The summed E-state index contributed by atoms with van der Waals surface area (Å²) in [6.07, 6.45) is 2.50. The number of aromatic nitrogens is 2. The summed E-state index contributed by atoms with van der Waals surface area (Å²) in [6.45, 7) is 2.83. The number of thiophene rings is 1. The monoisotopic (exact) mass is 354 g/mol. The van der Waals surface area contributed by atoms with Crippen LogP contribution in [0.1, 0.15) is 29.4 Å². The number of aldehydes is 1. The Morgan fingerprint density at radius 1 is 1.48 bits per heavy atom. The molecule has 0 radical (unpaired) electrons. The number of hydrogen-bond acceptors (Lipinski definition) is 7. The van der Waals surface area contributed by atoms with Crippen molar-refractivity contribution < 1.29 is 9.90 Å². The number of aliphatic hydroxyl groups is 1. The van der Waals surface area contributed by atoms with E-state index >= 15 is 0 Å². The number of halogens is 1. The fraction of sp³-hybridized carbons (Fsp3) is 0.400. The normalized spacial score (nSPS) is 12.1. The van der Waals surface area contributed by atoms with Gasteiger partial charge in [-0.15, -0.1) is 11.3 Å². The Hall–Kier alpha value is -1.70. The van der Waals surface area contributed by atoms with E-state index in [2.05, 4.69) is 15.3 Å². The number of nitrogen functional groups attached to an aromatic ring is 1. The van der Waals surface area contributed by atoms with Crippen LogP contribution in [0.5, 0.6) is 0 Å². The van der Waals surface area contributed by atoms with Crippen molar-refractivity contribution >= 4 is 41.0 Å². The van der Waals surface area contributed by atoms with Gasteiger partial charge in [0.15, 0.2) is 6.29 Å². The van der Waals surface area contributed by atoms with Gasteiger partial charge in [0, 0.05) is 18.0 Å². The van der Waals surface area contributed by atoms with Gasteiger partial charge in [-0.3, -0.25) is 4.79 Å². The zero-order valence-corrected chi connectivity index (χ0v) is 14.3. The smallest absolute Gasteiger partial charge is 0.223 e.